The molecule has 0 spiro atoms. The summed E-state index contributed by atoms with van der Waals surface area (Å²) in [6, 6.07) is 0. The number of carbonyl (C=O) groups excluding carboxylic acids is 2. The Morgan fingerprint density at radius 2 is 2.07 bits per heavy atom. The topological polar surface area (TPSA) is 87.0 Å². The molecule has 0 amide bonds. The molecule has 0 rings (SSSR count). The molecule has 15 heavy (non-hydrogen) atoms. The summed E-state index contributed by atoms with van der Waals surface area (Å²) in [5.74, 6) is -3.42. The van der Waals surface area contributed by atoms with Gasteiger partial charge in [0.05, 0.1) is 0 Å². The van der Waals surface area contributed by atoms with Crippen LogP contribution in [0, 0.1) is 5.92 Å². The van der Waals surface area contributed by atoms with Gasteiger partial charge in [-0.05, 0) is 12.3 Å². The van der Waals surface area contributed by atoms with Crippen LogP contribution in [-0.2, 0) is 9.59 Å². The van der Waals surface area contributed by atoms with Crippen molar-refractivity contribution in [3.05, 3.63) is 0 Å². The normalized spacial score (nSPS) is 13.1. The molecule has 5 nitrogen and oxygen atoms in total. The lowest BCUT2D eigenvalue weighted by atomic mass is 9.98. The van der Waals surface area contributed by atoms with Crippen molar-refractivity contribution in [2.75, 3.05) is 0 Å². The Bertz CT molecular complexity index is 256. The van der Waals surface area contributed by atoms with E-state index >= 15 is 0 Å². The SMILES string of the molecule is CCCC(C)CCC(=O)C(O)(O)N=C=O. The summed E-state index contributed by atoms with van der Waals surface area (Å²) in [6.45, 7) is 4.02. The second-order valence-electron chi connectivity index (χ2n) is 3.69. The van der Waals surface area contributed by atoms with Crippen molar-refractivity contribution in [3.8, 4) is 0 Å². The first kappa shape index (κ1) is 14.0. The van der Waals surface area contributed by atoms with E-state index in [1.165, 1.54) is 0 Å². The largest absolute Gasteiger partial charge is 0.341 e. The number of Topliss-reactive ketones (excluding diaryl/α,β-unsaturated/α-hetero) is 1. The molecule has 5 heteroatoms. The molecule has 0 fully saturated rings. The summed E-state index contributed by atoms with van der Waals surface area (Å²) in [5, 5.41) is 18.0. The lowest BCUT2D eigenvalue weighted by Gasteiger charge is -2.14. The molecule has 0 aromatic rings. The number of carbonyl (C=O) groups is 1. The maximum atomic E-state index is 11.2. The predicted octanol–water partition coefficient (Wildman–Crippen LogP) is 0.746. The van der Waals surface area contributed by atoms with E-state index in [0.29, 0.717) is 12.3 Å². The van der Waals surface area contributed by atoms with Crippen LogP contribution in [0.3, 0.4) is 0 Å². The quantitative estimate of drug-likeness (QED) is 0.372. The number of ketones is 1. The van der Waals surface area contributed by atoms with Gasteiger partial charge in [0.2, 0.25) is 11.9 Å². The molecule has 0 aliphatic rings. The molecule has 0 aromatic heterocycles. The number of hydrogen-bond acceptors (Lipinski definition) is 5. The number of aliphatic hydroxyl groups is 2. The molecule has 0 aliphatic heterocycles. The van der Waals surface area contributed by atoms with Gasteiger partial charge in [0.25, 0.3) is 0 Å². The van der Waals surface area contributed by atoms with Gasteiger partial charge in [-0.25, -0.2) is 4.79 Å². The fourth-order valence-corrected chi connectivity index (χ4v) is 1.31. The fourth-order valence-electron chi connectivity index (χ4n) is 1.31. The third-order valence-corrected chi connectivity index (χ3v) is 2.22. The third kappa shape index (κ3) is 5.42. The van der Waals surface area contributed by atoms with E-state index in [9.17, 15) is 9.59 Å². The van der Waals surface area contributed by atoms with E-state index in [1.54, 1.807) is 0 Å². The Kier molecular flexibility index (Phi) is 6.01. The highest BCUT2D eigenvalue weighted by atomic mass is 16.5. The van der Waals surface area contributed by atoms with Crippen LogP contribution in [0.25, 0.3) is 0 Å². The molecular formula is C10H17NO4. The molecule has 0 saturated carbocycles. The van der Waals surface area contributed by atoms with E-state index in [2.05, 4.69) is 4.99 Å². The maximum Gasteiger partial charge on any atom is 0.337 e. The average molecular weight is 215 g/mol. The van der Waals surface area contributed by atoms with E-state index in [-0.39, 0.29) is 6.42 Å². The minimum absolute atomic E-state index is 0.000648. The molecule has 0 saturated heterocycles. The van der Waals surface area contributed by atoms with Crippen molar-refractivity contribution in [3.63, 3.8) is 0 Å². The lowest BCUT2D eigenvalue weighted by Crippen LogP contribution is -2.36. The molecule has 0 aliphatic carbocycles. The molecule has 1 atom stereocenters. The van der Waals surface area contributed by atoms with Crippen molar-refractivity contribution < 1.29 is 19.8 Å². The monoisotopic (exact) mass is 215 g/mol. The molecule has 0 radical (unpaired) electrons. The van der Waals surface area contributed by atoms with Crippen LogP contribution < -0.4 is 0 Å². The molecule has 1 unspecified atom stereocenters. The van der Waals surface area contributed by atoms with Crippen LogP contribution in [0.2, 0.25) is 0 Å². The zero-order valence-electron chi connectivity index (χ0n) is 9.06. The van der Waals surface area contributed by atoms with Crippen LogP contribution in [0.5, 0.6) is 0 Å². The zero-order chi connectivity index (χ0) is 11.9. The Morgan fingerprint density at radius 1 is 1.47 bits per heavy atom. The van der Waals surface area contributed by atoms with Gasteiger partial charge in [0.1, 0.15) is 0 Å². The number of hydrogen-bond donors (Lipinski definition) is 2. The Balaban J connectivity index is 4.08. The summed E-state index contributed by atoms with van der Waals surface area (Å²) < 4.78 is 0. The summed E-state index contributed by atoms with van der Waals surface area (Å²) in [7, 11) is 0. The van der Waals surface area contributed by atoms with Crippen LogP contribution >= 0.6 is 0 Å². The Morgan fingerprint density at radius 3 is 2.53 bits per heavy atom. The summed E-state index contributed by atoms with van der Waals surface area (Å²) >= 11 is 0. The second kappa shape index (κ2) is 6.45. The van der Waals surface area contributed by atoms with Crippen molar-refractivity contribution in [2.45, 2.75) is 45.4 Å². The summed E-state index contributed by atoms with van der Waals surface area (Å²) in [6.07, 6.45) is 3.51. The van der Waals surface area contributed by atoms with Gasteiger partial charge in [0, 0.05) is 6.42 Å². The van der Waals surface area contributed by atoms with Crippen molar-refractivity contribution in [2.24, 2.45) is 10.9 Å². The summed E-state index contributed by atoms with van der Waals surface area (Å²) in [5.41, 5.74) is 0. The highest BCUT2D eigenvalue weighted by Gasteiger charge is 2.32. The number of rotatable bonds is 7. The molecule has 2 N–H and O–H groups in total. The molecule has 86 valence electrons. The van der Waals surface area contributed by atoms with Gasteiger partial charge in [0.15, 0.2) is 0 Å². The van der Waals surface area contributed by atoms with E-state index in [1.807, 2.05) is 13.8 Å². The average Bonchev–Trinajstić information content (AvgIpc) is 2.14. The smallest absolute Gasteiger partial charge is 0.337 e. The lowest BCUT2D eigenvalue weighted by molar-refractivity contribution is -0.179. The molecule has 0 heterocycles. The van der Waals surface area contributed by atoms with Gasteiger partial charge in [-0.15, -0.1) is 4.99 Å². The molecule has 0 bridgehead atoms. The number of aliphatic imine (C=N–C) groups is 1. The predicted molar refractivity (Wildman–Crippen MR) is 53.6 cm³/mol. The van der Waals surface area contributed by atoms with E-state index in [0.717, 1.165) is 18.9 Å². The van der Waals surface area contributed by atoms with Crippen LogP contribution in [0.15, 0.2) is 4.99 Å². The van der Waals surface area contributed by atoms with Gasteiger partial charge >= 0.3 is 5.91 Å². The minimum Gasteiger partial charge on any atom is -0.341 e. The standard InChI is InChI=1S/C10H17NO4/c1-3-4-8(2)5-6-9(13)10(14,15)11-7-12/h8,14-15H,3-6H2,1-2H3. The van der Waals surface area contributed by atoms with Gasteiger partial charge in [-0.1, -0.05) is 26.7 Å². The number of nitrogens with zero attached hydrogens (tertiary/aromatic N) is 1. The maximum absolute atomic E-state index is 11.2. The van der Waals surface area contributed by atoms with Crippen molar-refractivity contribution in [1.29, 1.82) is 0 Å². The fraction of sp³-hybridized carbons (Fsp3) is 0.800. The van der Waals surface area contributed by atoms with Crippen molar-refractivity contribution in [1.82, 2.24) is 0 Å². The highest BCUT2D eigenvalue weighted by molar-refractivity contribution is 5.85. The first-order chi connectivity index (χ1) is 6.94. The molecular weight excluding hydrogens is 198 g/mol. The first-order valence-corrected chi connectivity index (χ1v) is 5.01. The Labute approximate surface area is 88.8 Å². The number of isocyanates is 1. The van der Waals surface area contributed by atoms with Gasteiger partial charge in [-0.2, -0.15) is 0 Å². The van der Waals surface area contributed by atoms with Gasteiger partial charge < -0.3 is 10.2 Å². The Hall–Kier alpha value is -1.03. The summed E-state index contributed by atoms with van der Waals surface area (Å²) in [4.78, 5) is 23.6. The first-order valence-electron chi connectivity index (χ1n) is 5.01. The zero-order valence-corrected chi connectivity index (χ0v) is 9.06. The van der Waals surface area contributed by atoms with Crippen molar-refractivity contribution >= 4 is 11.9 Å². The second-order valence-corrected chi connectivity index (χ2v) is 3.69. The van der Waals surface area contributed by atoms with E-state index < -0.39 is 11.7 Å². The minimum atomic E-state index is -2.90. The van der Waals surface area contributed by atoms with E-state index in [4.69, 9.17) is 10.2 Å². The van der Waals surface area contributed by atoms with Crippen LogP contribution in [0.4, 0.5) is 0 Å². The highest BCUT2D eigenvalue weighted by Crippen LogP contribution is 2.15. The van der Waals surface area contributed by atoms with Crippen LogP contribution in [-0.4, -0.2) is 28.0 Å². The van der Waals surface area contributed by atoms with Gasteiger partial charge in [-0.3, -0.25) is 4.79 Å². The molecule has 0 aromatic carbocycles. The third-order valence-electron chi connectivity index (χ3n) is 2.22. The van der Waals surface area contributed by atoms with Crippen LogP contribution in [0.1, 0.15) is 39.5 Å².